The summed E-state index contributed by atoms with van der Waals surface area (Å²) >= 11 is 0. The molecular formula is C40H28N6Ru+2. The molecule has 0 fully saturated rings. The van der Waals surface area contributed by atoms with Gasteiger partial charge in [0.15, 0.2) is 0 Å². The summed E-state index contributed by atoms with van der Waals surface area (Å²) < 4.78 is 0. The summed E-state index contributed by atoms with van der Waals surface area (Å²) in [5.41, 5.74) is 7.61. The first-order valence-corrected chi connectivity index (χ1v) is 14.9. The molecule has 0 atom stereocenters. The third-order valence-electron chi connectivity index (χ3n) is 7.40. The van der Waals surface area contributed by atoms with Gasteiger partial charge in [-0.1, -0.05) is 84.9 Å². The number of aromatic nitrogens is 6. The van der Waals surface area contributed by atoms with Gasteiger partial charge in [-0.2, -0.15) is 0 Å². The zero-order valence-electron chi connectivity index (χ0n) is 25.2. The molecule has 0 N–H and O–H groups in total. The Bertz CT molecular complexity index is 2210. The second-order valence-electron chi connectivity index (χ2n) is 10.4. The molecule has 6 aromatic heterocycles. The van der Waals surface area contributed by atoms with Crippen molar-refractivity contribution in [2.75, 3.05) is 0 Å². The summed E-state index contributed by atoms with van der Waals surface area (Å²) in [5.74, 6) is 0. The van der Waals surface area contributed by atoms with Gasteiger partial charge in [-0.15, -0.1) is 0 Å². The fourth-order valence-corrected chi connectivity index (χ4v) is 5.13. The van der Waals surface area contributed by atoms with Crippen molar-refractivity contribution in [1.29, 1.82) is 0 Å². The predicted molar refractivity (Wildman–Crippen MR) is 187 cm³/mol. The second kappa shape index (κ2) is 15.0. The molecule has 0 radical (unpaired) electrons. The van der Waals surface area contributed by atoms with Gasteiger partial charge in [-0.25, -0.2) is 9.97 Å². The maximum absolute atomic E-state index is 4.69. The van der Waals surface area contributed by atoms with Gasteiger partial charge in [0.05, 0.1) is 44.8 Å². The summed E-state index contributed by atoms with van der Waals surface area (Å²) in [6.45, 7) is 0. The molecule has 9 rings (SSSR count). The van der Waals surface area contributed by atoms with E-state index in [1.54, 1.807) is 24.8 Å². The maximum Gasteiger partial charge on any atom is 2.00 e. The molecule has 7 heteroatoms. The molecule has 3 aromatic carbocycles. The standard InChI is InChI=1S/C18H12N2.C12H8N2.C10H8N2.Ru/c1-3-7-15-13(5-1)9-11-17(19-15)18-12-10-14-6-2-4-8-16(14)20-18;1-3-9-5-6-10-4-2-8-14-12(10)11(9)13-7-1;1-3-7-11-9(5-1)10-6-2-4-8-12-10;/h1-12H;1-8H;1-8H;/q;;;+2. The number of hydrogen-bond acceptors (Lipinski definition) is 6. The molecule has 0 spiro atoms. The molecule has 224 valence electrons. The number of benzene rings is 3. The molecule has 0 aliphatic carbocycles. The number of para-hydroxylation sites is 2. The predicted octanol–water partition coefficient (Wildman–Crippen LogP) is 9.37. The third kappa shape index (κ3) is 7.38. The Morgan fingerprint density at radius 2 is 0.660 bits per heavy atom. The second-order valence-corrected chi connectivity index (χ2v) is 10.4. The molecule has 0 saturated heterocycles. The topological polar surface area (TPSA) is 77.3 Å². The van der Waals surface area contributed by atoms with Crippen molar-refractivity contribution < 1.29 is 19.5 Å². The summed E-state index contributed by atoms with van der Waals surface area (Å²) in [6.07, 6.45) is 7.14. The van der Waals surface area contributed by atoms with Crippen LogP contribution in [0.3, 0.4) is 0 Å². The zero-order valence-corrected chi connectivity index (χ0v) is 26.9. The van der Waals surface area contributed by atoms with Gasteiger partial charge in [-0.05, 0) is 60.7 Å². The van der Waals surface area contributed by atoms with Crippen molar-refractivity contribution in [3.63, 3.8) is 0 Å². The van der Waals surface area contributed by atoms with Crippen LogP contribution < -0.4 is 0 Å². The molecule has 0 saturated carbocycles. The minimum Gasteiger partial charge on any atom is -0.255 e. The van der Waals surface area contributed by atoms with Gasteiger partial charge in [0.1, 0.15) is 0 Å². The zero-order chi connectivity index (χ0) is 31.0. The van der Waals surface area contributed by atoms with E-state index in [4.69, 9.17) is 0 Å². The minimum atomic E-state index is 0. The van der Waals surface area contributed by atoms with Crippen LogP contribution in [0.4, 0.5) is 0 Å². The summed E-state index contributed by atoms with van der Waals surface area (Å²) in [4.78, 5) is 26.4. The van der Waals surface area contributed by atoms with Gasteiger partial charge in [0, 0.05) is 46.3 Å². The SMILES string of the molecule is [Ru+2].c1ccc(-c2ccccn2)nc1.c1ccc2nc(-c3ccc4ccccc4n3)ccc2c1.c1cnc2c(c1)ccc1cccnc12. The monoisotopic (exact) mass is 694 g/mol. The molecule has 0 amide bonds. The number of hydrogen-bond donors (Lipinski definition) is 0. The van der Waals surface area contributed by atoms with E-state index in [2.05, 4.69) is 78.4 Å². The van der Waals surface area contributed by atoms with Crippen LogP contribution in [0.15, 0.2) is 170 Å². The summed E-state index contributed by atoms with van der Waals surface area (Å²) in [5, 5.41) is 4.58. The van der Waals surface area contributed by atoms with E-state index in [1.165, 1.54) is 0 Å². The van der Waals surface area contributed by atoms with E-state index in [1.807, 2.05) is 97.1 Å². The average molecular weight is 694 g/mol. The van der Waals surface area contributed by atoms with E-state index in [-0.39, 0.29) is 19.5 Å². The average Bonchev–Trinajstić information content (AvgIpc) is 3.15. The molecule has 6 nitrogen and oxygen atoms in total. The number of fused-ring (bicyclic) bond motifs is 5. The first-order chi connectivity index (χ1) is 22.8. The van der Waals surface area contributed by atoms with Crippen LogP contribution in [0.25, 0.3) is 66.4 Å². The molecule has 0 aliphatic rings. The van der Waals surface area contributed by atoms with Crippen molar-refractivity contribution in [3.05, 3.63) is 170 Å². The largest absolute Gasteiger partial charge is 2.00 e. The maximum atomic E-state index is 4.69. The van der Waals surface area contributed by atoms with Gasteiger partial charge >= 0.3 is 19.5 Å². The molecule has 0 aliphatic heterocycles. The minimum absolute atomic E-state index is 0. The molecule has 0 bridgehead atoms. The van der Waals surface area contributed by atoms with Crippen LogP contribution in [0, 0.1) is 0 Å². The van der Waals surface area contributed by atoms with Crippen molar-refractivity contribution in [3.8, 4) is 22.8 Å². The van der Waals surface area contributed by atoms with Crippen LogP contribution in [0.1, 0.15) is 0 Å². The van der Waals surface area contributed by atoms with Crippen LogP contribution >= 0.6 is 0 Å². The fraction of sp³-hybridized carbons (Fsp3) is 0. The molecule has 47 heavy (non-hydrogen) atoms. The number of rotatable bonds is 2. The Hall–Kier alpha value is -5.78. The van der Waals surface area contributed by atoms with E-state index in [0.29, 0.717) is 0 Å². The van der Waals surface area contributed by atoms with Crippen molar-refractivity contribution in [2.45, 2.75) is 0 Å². The van der Waals surface area contributed by atoms with Gasteiger partial charge in [0.25, 0.3) is 0 Å². The van der Waals surface area contributed by atoms with Crippen molar-refractivity contribution >= 4 is 43.6 Å². The summed E-state index contributed by atoms with van der Waals surface area (Å²) in [6, 6.07) is 48.2. The van der Waals surface area contributed by atoms with E-state index in [9.17, 15) is 0 Å². The summed E-state index contributed by atoms with van der Waals surface area (Å²) in [7, 11) is 0. The number of pyridine rings is 6. The first kappa shape index (κ1) is 31.2. The van der Waals surface area contributed by atoms with Crippen molar-refractivity contribution in [1.82, 2.24) is 29.9 Å². The molecule has 6 heterocycles. The fourth-order valence-electron chi connectivity index (χ4n) is 5.13. The van der Waals surface area contributed by atoms with E-state index < -0.39 is 0 Å². The van der Waals surface area contributed by atoms with E-state index in [0.717, 1.165) is 66.4 Å². The quantitative estimate of drug-likeness (QED) is 0.133. The van der Waals surface area contributed by atoms with E-state index >= 15 is 0 Å². The third-order valence-corrected chi connectivity index (χ3v) is 7.40. The van der Waals surface area contributed by atoms with Gasteiger partial charge in [-0.3, -0.25) is 19.9 Å². The van der Waals surface area contributed by atoms with Crippen LogP contribution in [0.2, 0.25) is 0 Å². The van der Waals surface area contributed by atoms with Gasteiger partial charge in [0.2, 0.25) is 0 Å². The van der Waals surface area contributed by atoms with Crippen LogP contribution in [0.5, 0.6) is 0 Å². The molecule has 0 unspecified atom stereocenters. The Kier molecular flexibility index (Phi) is 9.96. The normalized spacial score (nSPS) is 10.4. The van der Waals surface area contributed by atoms with Crippen LogP contribution in [-0.2, 0) is 19.5 Å². The Labute approximate surface area is 285 Å². The van der Waals surface area contributed by atoms with Crippen molar-refractivity contribution in [2.24, 2.45) is 0 Å². The Balaban J connectivity index is 0.000000127. The van der Waals surface area contributed by atoms with Gasteiger partial charge < -0.3 is 0 Å². The Morgan fingerprint density at radius 1 is 0.277 bits per heavy atom. The van der Waals surface area contributed by atoms with Crippen LogP contribution in [-0.4, -0.2) is 29.9 Å². The first-order valence-electron chi connectivity index (χ1n) is 14.9. The smallest absolute Gasteiger partial charge is 0.255 e. The molecule has 9 aromatic rings. The Morgan fingerprint density at radius 3 is 1.11 bits per heavy atom. The molecular weight excluding hydrogens is 666 g/mol. The number of nitrogens with zero attached hydrogens (tertiary/aromatic N) is 6.